The number of nitrogens with one attached hydrogen (secondary N) is 2. The van der Waals surface area contributed by atoms with Crippen molar-refractivity contribution in [1.29, 1.82) is 0 Å². The van der Waals surface area contributed by atoms with Gasteiger partial charge in [-0.25, -0.2) is 4.79 Å². The third-order valence-corrected chi connectivity index (χ3v) is 4.24. The lowest BCUT2D eigenvalue weighted by molar-refractivity contribution is 0.251. The monoisotopic (exact) mass is 307 g/mol. The molecule has 8 nitrogen and oxygen atoms in total. The third kappa shape index (κ3) is 3.54. The van der Waals surface area contributed by atoms with Gasteiger partial charge in [0, 0.05) is 25.4 Å². The highest BCUT2D eigenvalue weighted by molar-refractivity contribution is 7.15. The zero-order valence-electron chi connectivity index (χ0n) is 11.7. The molecule has 1 aliphatic rings. The highest BCUT2D eigenvalue weighted by atomic mass is 32.1. The van der Waals surface area contributed by atoms with Gasteiger partial charge in [-0.1, -0.05) is 18.3 Å². The maximum Gasteiger partial charge on any atom is 0.321 e. The summed E-state index contributed by atoms with van der Waals surface area (Å²) >= 11 is 1.45. The molecule has 0 aliphatic heterocycles. The first kappa shape index (κ1) is 13.9. The van der Waals surface area contributed by atoms with Crippen molar-refractivity contribution in [3.05, 3.63) is 17.2 Å². The van der Waals surface area contributed by atoms with Crippen LogP contribution in [0.25, 0.3) is 0 Å². The Kier molecular flexibility index (Phi) is 4.09. The Labute approximate surface area is 126 Å². The topological polar surface area (TPSA) is 97.6 Å². The summed E-state index contributed by atoms with van der Waals surface area (Å²) in [4.78, 5) is 11.8. The number of aromatic nitrogens is 5. The van der Waals surface area contributed by atoms with E-state index in [-0.39, 0.29) is 6.03 Å². The first-order valence-corrected chi connectivity index (χ1v) is 7.83. The van der Waals surface area contributed by atoms with Crippen molar-refractivity contribution in [2.45, 2.75) is 38.6 Å². The van der Waals surface area contributed by atoms with E-state index in [9.17, 15) is 4.79 Å². The predicted octanol–water partition coefficient (Wildman–Crippen LogP) is 1.39. The number of hydrogen-bond acceptors (Lipinski definition) is 6. The van der Waals surface area contributed by atoms with Crippen LogP contribution in [0, 0.1) is 0 Å². The second kappa shape index (κ2) is 6.17. The lowest BCUT2D eigenvalue weighted by Crippen LogP contribution is -2.31. The van der Waals surface area contributed by atoms with E-state index in [4.69, 9.17) is 0 Å². The van der Waals surface area contributed by atoms with Gasteiger partial charge in [-0.15, -0.1) is 20.4 Å². The molecule has 2 heterocycles. The maximum atomic E-state index is 11.8. The van der Waals surface area contributed by atoms with E-state index in [2.05, 4.69) is 31.0 Å². The van der Waals surface area contributed by atoms with E-state index in [0.717, 1.165) is 17.3 Å². The minimum absolute atomic E-state index is 0.264. The van der Waals surface area contributed by atoms with E-state index in [1.54, 1.807) is 6.33 Å². The van der Waals surface area contributed by atoms with Crippen molar-refractivity contribution in [3.8, 4) is 0 Å². The number of aryl methyl sites for hydroxylation is 1. The molecule has 2 aromatic heterocycles. The summed E-state index contributed by atoms with van der Waals surface area (Å²) in [5.41, 5.74) is 0. The van der Waals surface area contributed by atoms with Gasteiger partial charge in [0.05, 0.1) is 0 Å². The molecule has 9 heteroatoms. The highest BCUT2D eigenvalue weighted by Gasteiger charge is 2.27. The van der Waals surface area contributed by atoms with Gasteiger partial charge in [-0.05, 0) is 12.8 Å². The second-order valence-corrected chi connectivity index (χ2v) is 5.90. The number of rotatable bonds is 6. The summed E-state index contributed by atoms with van der Waals surface area (Å²) in [5, 5.41) is 23.0. The molecule has 0 bridgehead atoms. The van der Waals surface area contributed by atoms with E-state index in [1.807, 2.05) is 11.5 Å². The molecule has 21 heavy (non-hydrogen) atoms. The summed E-state index contributed by atoms with van der Waals surface area (Å²) in [5.74, 6) is 1.47. The number of anilines is 1. The van der Waals surface area contributed by atoms with Crippen molar-refractivity contribution in [1.82, 2.24) is 30.3 Å². The molecular weight excluding hydrogens is 290 g/mol. The Balaban J connectivity index is 1.43. The average Bonchev–Trinajstić information content (AvgIpc) is 3.05. The van der Waals surface area contributed by atoms with Gasteiger partial charge in [-0.2, -0.15) is 0 Å². The Morgan fingerprint density at radius 3 is 3.05 bits per heavy atom. The van der Waals surface area contributed by atoms with Crippen LogP contribution in [-0.4, -0.2) is 37.5 Å². The number of nitrogens with zero attached hydrogens (tertiary/aromatic N) is 5. The third-order valence-electron chi connectivity index (χ3n) is 3.24. The molecule has 2 aromatic rings. The molecular formula is C12H17N7OS. The molecule has 0 atom stereocenters. The molecule has 0 spiro atoms. The Bertz CT molecular complexity index is 619. The molecule has 0 radical (unpaired) electrons. The molecule has 1 fully saturated rings. The first-order chi connectivity index (χ1) is 10.3. The van der Waals surface area contributed by atoms with Crippen LogP contribution in [0.3, 0.4) is 0 Å². The van der Waals surface area contributed by atoms with Crippen LogP contribution in [0.2, 0.25) is 0 Å². The van der Waals surface area contributed by atoms with Crippen LogP contribution in [0.4, 0.5) is 9.93 Å². The SMILES string of the molecule is CCc1nncn1CCNC(=O)Nc1nnc(C2CC2)s1. The minimum atomic E-state index is -0.264. The van der Waals surface area contributed by atoms with Crippen LogP contribution in [0.5, 0.6) is 0 Å². The maximum absolute atomic E-state index is 11.8. The molecule has 0 unspecified atom stereocenters. The molecule has 0 saturated heterocycles. The van der Waals surface area contributed by atoms with E-state index >= 15 is 0 Å². The van der Waals surface area contributed by atoms with Crippen molar-refractivity contribution in [3.63, 3.8) is 0 Å². The van der Waals surface area contributed by atoms with Gasteiger partial charge in [0.1, 0.15) is 17.2 Å². The standard InChI is InChI=1S/C12H17N7OS/c1-2-9-16-14-7-19(9)6-5-13-11(20)15-12-18-17-10(21-12)8-3-4-8/h7-8H,2-6H2,1H3,(H2,13,15,18,20). The van der Waals surface area contributed by atoms with Gasteiger partial charge in [0.2, 0.25) is 5.13 Å². The quantitative estimate of drug-likeness (QED) is 0.840. The van der Waals surface area contributed by atoms with Crippen LogP contribution < -0.4 is 10.6 Å². The van der Waals surface area contributed by atoms with E-state index < -0.39 is 0 Å². The van der Waals surface area contributed by atoms with Crippen LogP contribution >= 0.6 is 11.3 Å². The van der Waals surface area contributed by atoms with E-state index in [1.165, 1.54) is 24.2 Å². The fourth-order valence-electron chi connectivity index (χ4n) is 1.95. The number of amides is 2. The molecule has 1 saturated carbocycles. The van der Waals surface area contributed by atoms with Crippen molar-refractivity contribution >= 4 is 22.5 Å². The molecule has 1 aliphatic carbocycles. The fraction of sp³-hybridized carbons (Fsp3) is 0.583. The predicted molar refractivity (Wildman–Crippen MR) is 78.3 cm³/mol. The van der Waals surface area contributed by atoms with Crippen molar-refractivity contribution in [2.24, 2.45) is 0 Å². The number of urea groups is 1. The molecule has 0 aromatic carbocycles. The largest absolute Gasteiger partial charge is 0.336 e. The van der Waals surface area contributed by atoms with E-state index in [0.29, 0.717) is 24.1 Å². The normalized spacial score (nSPS) is 14.1. The summed E-state index contributed by atoms with van der Waals surface area (Å²) < 4.78 is 1.93. The Morgan fingerprint density at radius 2 is 2.29 bits per heavy atom. The number of hydrogen-bond donors (Lipinski definition) is 2. The summed E-state index contributed by atoms with van der Waals surface area (Å²) in [6.45, 7) is 3.17. The number of carbonyl (C=O) groups excluding carboxylic acids is 1. The minimum Gasteiger partial charge on any atom is -0.336 e. The summed E-state index contributed by atoms with van der Waals surface area (Å²) in [6.07, 6.45) is 4.85. The zero-order chi connectivity index (χ0) is 14.7. The highest BCUT2D eigenvalue weighted by Crippen LogP contribution is 2.41. The van der Waals surface area contributed by atoms with Gasteiger partial charge in [0.15, 0.2) is 0 Å². The van der Waals surface area contributed by atoms with Crippen LogP contribution in [0.15, 0.2) is 6.33 Å². The summed E-state index contributed by atoms with van der Waals surface area (Å²) in [6, 6.07) is -0.264. The van der Waals surface area contributed by atoms with Crippen LogP contribution in [-0.2, 0) is 13.0 Å². The van der Waals surface area contributed by atoms with Crippen molar-refractivity contribution in [2.75, 3.05) is 11.9 Å². The zero-order valence-corrected chi connectivity index (χ0v) is 12.6. The molecule has 112 valence electrons. The van der Waals surface area contributed by atoms with Gasteiger partial charge >= 0.3 is 6.03 Å². The Hall–Kier alpha value is -2.03. The van der Waals surface area contributed by atoms with Crippen LogP contribution in [0.1, 0.15) is 36.5 Å². The van der Waals surface area contributed by atoms with Gasteiger partial charge in [0.25, 0.3) is 0 Å². The lowest BCUT2D eigenvalue weighted by atomic mass is 10.4. The smallest absolute Gasteiger partial charge is 0.321 e. The average molecular weight is 307 g/mol. The molecule has 2 amide bonds. The second-order valence-electron chi connectivity index (χ2n) is 4.89. The summed E-state index contributed by atoms with van der Waals surface area (Å²) in [7, 11) is 0. The van der Waals surface area contributed by atoms with Gasteiger partial charge < -0.3 is 9.88 Å². The lowest BCUT2D eigenvalue weighted by Gasteiger charge is -2.07. The number of carbonyl (C=O) groups is 1. The fourth-order valence-corrected chi connectivity index (χ4v) is 2.86. The molecule has 3 rings (SSSR count). The first-order valence-electron chi connectivity index (χ1n) is 7.01. The Morgan fingerprint density at radius 1 is 1.43 bits per heavy atom. The van der Waals surface area contributed by atoms with Crippen molar-refractivity contribution < 1.29 is 4.79 Å². The van der Waals surface area contributed by atoms with Gasteiger partial charge in [-0.3, -0.25) is 5.32 Å². The molecule has 2 N–H and O–H groups in total.